The second-order valence-corrected chi connectivity index (χ2v) is 15.2. The molecular formula is C20H38BrNO3Si. The predicted molar refractivity (Wildman–Crippen MR) is 115 cm³/mol. The van der Waals surface area contributed by atoms with Crippen molar-refractivity contribution in [1.82, 2.24) is 4.90 Å². The van der Waals surface area contributed by atoms with E-state index in [9.17, 15) is 4.79 Å². The second-order valence-electron chi connectivity index (χ2n) is 10.0. The third-order valence-corrected chi connectivity index (χ3v) is 10.6. The number of nitrogens with zero attached hydrogens (tertiary/aromatic N) is 1. The van der Waals surface area contributed by atoms with Crippen LogP contribution in [-0.4, -0.2) is 43.6 Å². The van der Waals surface area contributed by atoms with Crippen LogP contribution in [0.1, 0.15) is 67.7 Å². The Kier molecular flexibility index (Phi) is 8.01. The van der Waals surface area contributed by atoms with E-state index in [0.29, 0.717) is 6.54 Å². The highest BCUT2D eigenvalue weighted by Crippen LogP contribution is 2.39. The summed E-state index contributed by atoms with van der Waals surface area (Å²) in [5.41, 5.74) is 0.800. The number of carbonyl (C=O) groups excluding carboxylic acids is 1. The second kappa shape index (κ2) is 8.78. The molecule has 1 rings (SSSR count). The highest BCUT2D eigenvalue weighted by atomic mass is 79.9. The van der Waals surface area contributed by atoms with Gasteiger partial charge in [-0.2, -0.15) is 0 Å². The lowest BCUT2D eigenvalue weighted by molar-refractivity contribution is 0.0205. The molecule has 6 heteroatoms. The van der Waals surface area contributed by atoms with E-state index in [4.69, 9.17) is 9.16 Å². The van der Waals surface area contributed by atoms with Gasteiger partial charge in [0.1, 0.15) is 5.60 Å². The Morgan fingerprint density at radius 3 is 2.27 bits per heavy atom. The Morgan fingerprint density at radius 1 is 1.23 bits per heavy atom. The zero-order valence-electron chi connectivity index (χ0n) is 18.1. The monoisotopic (exact) mass is 447 g/mol. The molecule has 1 saturated heterocycles. The first-order valence-electron chi connectivity index (χ1n) is 9.59. The van der Waals surface area contributed by atoms with Gasteiger partial charge >= 0.3 is 6.09 Å². The Morgan fingerprint density at radius 2 is 1.81 bits per heavy atom. The third kappa shape index (κ3) is 7.00. The zero-order valence-corrected chi connectivity index (χ0v) is 20.7. The van der Waals surface area contributed by atoms with Crippen LogP contribution < -0.4 is 0 Å². The molecule has 0 spiro atoms. The average molecular weight is 449 g/mol. The highest BCUT2D eigenvalue weighted by Gasteiger charge is 2.44. The maximum Gasteiger partial charge on any atom is 0.410 e. The van der Waals surface area contributed by atoms with Crippen LogP contribution in [0.15, 0.2) is 10.6 Å². The van der Waals surface area contributed by atoms with Gasteiger partial charge in [-0.15, -0.1) is 0 Å². The van der Waals surface area contributed by atoms with Crippen LogP contribution in [0.4, 0.5) is 4.79 Å². The van der Waals surface area contributed by atoms with E-state index in [2.05, 4.69) is 56.7 Å². The fourth-order valence-electron chi connectivity index (χ4n) is 2.82. The molecule has 152 valence electrons. The van der Waals surface area contributed by atoms with Crippen molar-refractivity contribution in [2.75, 3.05) is 6.54 Å². The maximum absolute atomic E-state index is 12.7. The van der Waals surface area contributed by atoms with Gasteiger partial charge in [-0.25, -0.2) is 4.79 Å². The number of carbonyl (C=O) groups is 1. The first-order chi connectivity index (χ1) is 11.7. The highest BCUT2D eigenvalue weighted by molar-refractivity contribution is 9.11. The van der Waals surface area contributed by atoms with Gasteiger partial charge in [0, 0.05) is 12.6 Å². The molecule has 0 aromatic rings. The molecule has 0 N–H and O–H groups in total. The van der Waals surface area contributed by atoms with Gasteiger partial charge in [0.2, 0.25) is 0 Å². The third-order valence-electron chi connectivity index (χ3n) is 5.33. The summed E-state index contributed by atoms with van der Waals surface area (Å²) in [6, 6.07) is 0.169. The van der Waals surface area contributed by atoms with E-state index in [0.717, 1.165) is 19.3 Å². The molecular weight excluding hydrogens is 410 g/mol. The van der Waals surface area contributed by atoms with Gasteiger partial charge in [0.15, 0.2) is 8.32 Å². The standard InChI is InChI=1S/C20H38BrNO3Si/c1-15(13-21)10-11-16-12-17(25-26(8,9)20(5,6)7)14-22(16)18(23)24-19(2,3)4/h13,16-17H,10-12,14H2,1-9H3/b15-13+/t16-,17-/m1/s1. The Hall–Kier alpha value is -0.333. The van der Waals surface area contributed by atoms with Crippen molar-refractivity contribution in [3.8, 4) is 0 Å². The van der Waals surface area contributed by atoms with E-state index in [1.54, 1.807) is 0 Å². The van der Waals surface area contributed by atoms with Crippen molar-refractivity contribution in [2.45, 2.75) is 104 Å². The minimum Gasteiger partial charge on any atom is -0.444 e. The molecule has 26 heavy (non-hydrogen) atoms. The van der Waals surface area contributed by atoms with Crippen LogP contribution in [0.2, 0.25) is 18.1 Å². The summed E-state index contributed by atoms with van der Waals surface area (Å²) >= 11 is 3.40. The molecule has 1 aliphatic rings. The predicted octanol–water partition coefficient (Wildman–Crippen LogP) is 6.47. The number of rotatable bonds is 5. The van der Waals surface area contributed by atoms with Crippen LogP contribution in [0.3, 0.4) is 0 Å². The van der Waals surface area contributed by atoms with E-state index in [1.807, 2.05) is 30.7 Å². The smallest absolute Gasteiger partial charge is 0.410 e. The number of amides is 1. The lowest BCUT2D eigenvalue weighted by Crippen LogP contribution is -2.45. The molecule has 0 aromatic carbocycles. The molecule has 0 saturated carbocycles. The maximum atomic E-state index is 12.7. The van der Waals surface area contributed by atoms with Crippen LogP contribution in [0.5, 0.6) is 0 Å². The van der Waals surface area contributed by atoms with Gasteiger partial charge in [-0.3, -0.25) is 0 Å². The molecule has 1 aliphatic heterocycles. The van der Waals surface area contributed by atoms with Crippen molar-refractivity contribution in [1.29, 1.82) is 0 Å². The van der Waals surface area contributed by atoms with E-state index in [1.165, 1.54) is 5.57 Å². The summed E-state index contributed by atoms with van der Waals surface area (Å²) in [6.45, 7) is 19.8. The normalized spacial score (nSPS) is 22.7. The first kappa shape index (κ1) is 23.7. The van der Waals surface area contributed by atoms with Crippen LogP contribution in [-0.2, 0) is 9.16 Å². The van der Waals surface area contributed by atoms with Gasteiger partial charge in [-0.1, -0.05) is 42.3 Å². The minimum atomic E-state index is -1.86. The van der Waals surface area contributed by atoms with Gasteiger partial charge in [-0.05, 0) is 70.1 Å². The Labute approximate surface area is 169 Å². The topological polar surface area (TPSA) is 38.8 Å². The quantitative estimate of drug-likeness (QED) is 0.453. The summed E-state index contributed by atoms with van der Waals surface area (Å²) in [5, 5.41) is 0.164. The summed E-state index contributed by atoms with van der Waals surface area (Å²) < 4.78 is 12.3. The van der Waals surface area contributed by atoms with Gasteiger partial charge < -0.3 is 14.1 Å². The average Bonchev–Trinajstić information content (AvgIpc) is 2.84. The van der Waals surface area contributed by atoms with Crippen molar-refractivity contribution in [3.63, 3.8) is 0 Å². The molecule has 4 nitrogen and oxygen atoms in total. The number of likely N-dealkylation sites (tertiary alicyclic amines) is 1. The van der Waals surface area contributed by atoms with Gasteiger partial charge in [0.05, 0.1) is 6.10 Å². The Bertz CT molecular complexity index is 520. The largest absolute Gasteiger partial charge is 0.444 e. The first-order valence-corrected chi connectivity index (χ1v) is 13.4. The van der Waals surface area contributed by atoms with Crippen molar-refractivity contribution in [2.24, 2.45) is 0 Å². The number of hydrogen-bond donors (Lipinski definition) is 0. The fourth-order valence-corrected chi connectivity index (χ4v) is 4.41. The zero-order chi connectivity index (χ0) is 20.3. The molecule has 0 radical (unpaired) electrons. The number of allylic oxidation sites excluding steroid dienone is 1. The van der Waals surface area contributed by atoms with Crippen molar-refractivity contribution >= 4 is 30.3 Å². The number of hydrogen-bond acceptors (Lipinski definition) is 3. The molecule has 0 aliphatic carbocycles. The van der Waals surface area contributed by atoms with Crippen LogP contribution in [0.25, 0.3) is 0 Å². The number of halogens is 1. The van der Waals surface area contributed by atoms with E-state index >= 15 is 0 Å². The van der Waals surface area contributed by atoms with Crippen LogP contribution in [0, 0.1) is 0 Å². The number of ether oxygens (including phenoxy) is 1. The van der Waals surface area contributed by atoms with Crippen molar-refractivity contribution in [3.05, 3.63) is 10.6 Å². The molecule has 1 fully saturated rings. The fraction of sp³-hybridized carbons (Fsp3) is 0.850. The lowest BCUT2D eigenvalue weighted by Gasteiger charge is -2.38. The van der Waals surface area contributed by atoms with E-state index < -0.39 is 13.9 Å². The lowest BCUT2D eigenvalue weighted by atomic mass is 10.1. The summed E-state index contributed by atoms with van der Waals surface area (Å²) in [4.78, 5) is 16.6. The molecule has 1 amide bonds. The van der Waals surface area contributed by atoms with Crippen LogP contribution >= 0.6 is 15.9 Å². The van der Waals surface area contributed by atoms with Gasteiger partial charge in [0.25, 0.3) is 0 Å². The molecule has 0 bridgehead atoms. The molecule has 1 heterocycles. The summed E-state index contributed by atoms with van der Waals surface area (Å²) in [7, 11) is -1.86. The summed E-state index contributed by atoms with van der Waals surface area (Å²) in [5.74, 6) is 0. The van der Waals surface area contributed by atoms with E-state index in [-0.39, 0.29) is 23.3 Å². The minimum absolute atomic E-state index is 0.0988. The summed E-state index contributed by atoms with van der Waals surface area (Å²) in [6.07, 6.45) is 2.67. The molecule has 2 atom stereocenters. The molecule has 0 aromatic heterocycles. The van der Waals surface area contributed by atoms with Crippen molar-refractivity contribution < 1.29 is 14.0 Å². The SMILES string of the molecule is C/C(=C\Br)CC[C@@H]1C[C@@H](O[Si](C)(C)C(C)(C)C)CN1C(=O)OC(C)(C)C. The Balaban J connectivity index is 2.88. The molecule has 0 unspecified atom stereocenters.